The smallest absolute Gasteiger partial charge is 0.142 e. The van der Waals surface area contributed by atoms with Crippen LogP contribution in [0, 0.1) is 6.92 Å². The fraction of sp³-hybridized carbons (Fsp3) is 0.625. The van der Waals surface area contributed by atoms with Crippen molar-refractivity contribution < 1.29 is 4.74 Å². The summed E-state index contributed by atoms with van der Waals surface area (Å²) >= 11 is 0. The van der Waals surface area contributed by atoms with Crippen molar-refractivity contribution in [2.24, 2.45) is 0 Å². The minimum absolute atomic E-state index is 0.587. The molecule has 2 atom stereocenters. The number of aryl methyl sites for hydroxylation is 1. The maximum absolute atomic E-state index is 5.76. The molecule has 0 spiro atoms. The number of nitrogens with zero attached hydrogens (tertiary/aromatic N) is 1. The molecule has 0 saturated carbocycles. The highest BCUT2D eigenvalue weighted by atomic mass is 16.5. The summed E-state index contributed by atoms with van der Waals surface area (Å²) in [5, 5.41) is 3.73. The summed E-state index contributed by atoms with van der Waals surface area (Å²) in [5.74, 6) is 0.999. The third kappa shape index (κ3) is 2.57. The lowest BCUT2D eigenvalue weighted by Crippen LogP contribution is -2.33. The van der Waals surface area contributed by atoms with Gasteiger partial charge in [-0.05, 0) is 57.4 Å². The van der Waals surface area contributed by atoms with E-state index in [2.05, 4.69) is 35.3 Å². The average Bonchev–Trinajstić information content (AvgIpc) is 2.97. The third-order valence-corrected chi connectivity index (χ3v) is 4.38. The molecule has 3 heteroatoms. The topological polar surface area (TPSA) is 24.5 Å². The predicted molar refractivity (Wildman–Crippen MR) is 79.0 cm³/mol. The van der Waals surface area contributed by atoms with E-state index in [-0.39, 0.29) is 0 Å². The second-order valence-electron chi connectivity index (χ2n) is 5.72. The van der Waals surface area contributed by atoms with Crippen molar-refractivity contribution in [2.75, 3.05) is 25.0 Å². The van der Waals surface area contributed by atoms with Gasteiger partial charge in [-0.15, -0.1) is 0 Å². The minimum atomic E-state index is 0.587. The molecule has 1 N–H and O–H groups in total. The van der Waals surface area contributed by atoms with Crippen LogP contribution in [0.1, 0.15) is 31.7 Å². The summed E-state index contributed by atoms with van der Waals surface area (Å²) in [6.45, 7) is 7.41. The van der Waals surface area contributed by atoms with Gasteiger partial charge in [0.25, 0.3) is 0 Å². The van der Waals surface area contributed by atoms with Crippen LogP contribution >= 0.6 is 0 Å². The molecule has 0 bridgehead atoms. The van der Waals surface area contributed by atoms with Crippen molar-refractivity contribution in [3.63, 3.8) is 0 Å². The first-order chi connectivity index (χ1) is 9.28. The van der Waals surface area contributed by atoms with Crippen LogP contribution in [-0.2, 0) is 0 Å². The van der Waals surface area contributed by atoms with E-state index >= 15 is 0 Å². The summed E-state index contributed by atoms with van der Waals surface area (Å²) in [7, 11) is 0. The van der Waals surface area contributed by atoms with Crippen LogP contribution in [0.15, 0.2) is 18.2 Å². The Balaban J connectivity index is 1.75. The molecule has 0 aliphatic carbocycles. The van der Waals surface area contributed by atoms with Gasteiger partial charge in [0.15, 0.2) is 0 Å². The number of hydrogen-bond donors (Lipinski definition) is 1. The Morgan fingerprint density at radius 2 is 2.21 bits per heavy atom. The summed E-state index contributed by atoms with van der Waals surface area (Å²) < 4.78 is 5.76. The van der Waals surface area contributed by atoms with E-state index in [0.717, 1.165) is 24.1 Å². The first-order valence-corrected chi connectivity index (χ1v) is 7.52. The van der Waals surface area contributed by atoms with E-state index in [9.17, 15) is 0 Å². The maximum Gasteiger partial charge on any atom is 0.142 e. The average molecular weight is 260 g/mol. The van der Waals surface area contributed by atoms with Crippen molar-refractivity contribution in [2.45, 2.75) is 45.2 Å². The van der Waals surface area contributed by atoms with Gasteiger partial charge in [-0.1, -0.05) is 6.07 Å². The number of nitrogens with one attached hydrogen (secondary N) is 1. The molecule has 1 aromatic carbocycles. The molecule has 2 saturated heterocycles. The largest absolute Gasteiger partial charge is 0.492 e. The summed E-state index contributed by atoms with van der Waals surface area (Å²) in [6, 6.07) is 7.78. The van der Waals surface area contributed by atoms with E-state index in [1.807, 2.05) is 6.92 Å². The Labute approximate surface area is 115 Å². The van der Waals surface area contributed by atoms with Crippen molar-refractivity contribution in [3.05, 3.63) is 23.8 Å². The number of ether oxygens (including phenoxy) is 1. The number of benzene rings is 1. The van der Waals surface area contributed by atoms with Gasteiger partial charge in [-0.2, -0.15) is 0 Å². The van der Waals surface area contributed by atoms with Crippen LogP contribution in [0.4, 0.5) is 5.69 Å². The van der Waals surface area contributed by atoms with Crippen molar-refractivity contribution in [1.29, 1.82) is 0 Å². The molecular formula is C16H24N2O. The minimum Gasteiger partial charge on any atom is -0.492 e. The van der Waals surface area contributed by atoms with Gasteiger partial charge in [0.1, 0.15) is 5.75 Å². The Morgan fingerprint density at radius 1 is 1.32 bits per heavy atom. The van der Waals surface area contributed by atoms with E-state index in [0.29, 0.717) is 6.04 Å². The van der Waals surface area contributed by atoms with Gasteiger partial charge in [-0.25, -0.2) is 0 Å². The van der Waals surface area contributed by atoms with Crippen LogP contribution in [-0.4, -0.2) is 36.7 Å². The van der Waals surface area contributed by atoms with Crippen molar-refractivity contribution in [1.82, 2.24) is 4.90 Å². The molecule has 0 aromatic heterocycles. The predicted octanol–water partition coefficient (Wildman–Crippen LogP) is 3.04. The highest BCUT2D eigenvalue weighted by Gasteiger charge is 2.37. The Kier molecular flexibility index (Phi) is 3.65. The molecule has 3 nitrogen and oxygen atoms in total. The highest BCUT2D eigenvalue weighted by molar-refractivity contribution is 5.58. The second kappa shape index (κ2) is 5.41. The number of fused-ring (bicyclic) bond motifs is 1. The van der Waals surface area contributed by atoms with Crippen molar-refractivity contribution in [3.8, 4) is 5.75 Å². The monoisotopic (exact) mass is 260 g/mol. The molecule has 2 aliphatic rings. The van der Waals surface area contributed by atoms with Crippen molar-refractivity contribution >= 4 is 5.69 Å². The molecule has 0 amide bonds. The first kappa shape index (κ1) is 12.8. The Hall–Kier alpha value is -1.22. The van der Waals surface area contributed by atoms with Gasteiger partial charge in [0.05, 0.1) is 12.3 Å². The Bertz CT molecular complexity index is 446. The van der Waals surface area contributed by atoms with Crippen LogP contribution < -0.4 is 10.1 Å². The molecule has 2 heterocycles. The number of hydrogen-bond acceptors (Lipinski definition) is 3. The summed E-state index contributed by atoms with van der Waals surface area (Å²) in [5.41, 5.74) is 2.41. The zero-order valence-corrected chi connectivity index (χ0v) is 12.0. The normalized spacial score (nSPS) is 26.4. The van der Waals surface area contributed by atoms with Gasteiger partial charge in [0.2, 0.25) is 0 Å². The van der Waals surface area contributed by atoms with Crippen LogP contribution in [0.2, 0.25) is 0 Å². The fourth-order valence-corrected chi connectivity index (χ4v) is 3.47. The molecule has 2 unspecified atom stereocenters. The zero-order valence-electron chi connectivity index (χ0n) is 12.0. The standard InChI is InChI=1S/C16H24N2O/c1-3-19-16-11-12(2)6-7-14(16)17-13-8-10-18-9-4-5-15(13)18/h6-7,11,13,15,17H,3-5,8-10H2,1-2H3. The highest BCUT2D eigenvalue weighted by Crippen LogP contribution is 2.33. The molecule has 3 rings (SSSR count). The van der Waals surface area contributed by atoms with E-state index in [1.165, 1.54) is 37.9 Å². The van der Waals surface area contributed by atoms with Crippen LogP contribution in [0.5, 0.6) is 5.75 Å². The SMILES string of the molecule is CCOc1cc(C)ccc1NC1CCN2CCCC12. The molecule has 19 heavy (non-hydrogen) atoms. The quantitative estimate of drug-likeness (QED) is 0.900. The molecule has 2 fully saturated rings. The lowest BCUT2D eigenvalue weighted by atomic mass is 10.1. The zero-order chi connectivity index (χ0) is 13.2. The summed E-state index contributed by atoms with van der Waals surface area (Å²) in [6.07, 6.45) is 3.95. The van der Waals surface area contributed by atoms with Gasteiger partial charge in [0, 0.05) is 18.6 Å². The molecule has 1 aromatic rings. The van der Waals surface area contributed by atoms with E-state index in [1.54, 1.807) is 0 Å². The molecule has 104 valence electrons. The molecule has 0 radical (unpaired) electrons. The second-order valence-corrected chi connectivity index (χ2v) is 5.72. The lowest BCUT2D eigenvalue weighted by Gasteiger charge is -2.23. The first-order valence-electron chi connectivity index (χ1n) is 7.52. The maximum atomic E-state index is 5.76. The van der Waals surface area contributed by atoms with Gasteiger partial charge >= 0.3 is 0 Å². The third-order valence-electron chi connectivity index (χ3n) is 4.38. The molecular weight excluding hydrogens is 236 g/mol. The fourth-order valence-electron chi connectivity index (χ4n) is 3.47. The van der Waals surface area contributed by atoms with Gasteiger partial charge in [-0.3, -0.25) is 4.90 Å². The summed E-state index contributed by atoms with van der Waals surface area (Å²) in [4.78, 5) is 2.63. The van der Waals surface area contributed by atoms with E-state index < -0.39 is 0 Å². The van der Waals surface area contributed by atoms with Crippen LogP contribution in [0.25, 0.3) is 0 Å². The number of rotatable bonds is 4. The lowest BCUT2D eigenvalue weighted by molar-refractivity contribution is 0.317. The number of anilines is 1. The van der Waals surface area contributed by atoms with Crippen LogP contribution in [0.3, 0.4) is 0 Å². The Morgan fingerprint density at radius 3 is 3.05 bits per heavy atom. The van der Waals surface area contributed by atoms with Gasteiger partial charge < -0.3 is 10.1 Å². The van der Waals surface area contributed by atoms with E-state index in [4.69, 9.17) is 4.74 Å². The molecule has 2 aliphatic heterocycles.